The number of aliphatic hydroxyl groups is 1. The van der Waals surface area contributed by atoms with Crippen LogP contribution in [0.5, 0.6) is 0 Å². The molecule has 1 heteroatoms. The molecule has 2 aliphatic carbocycles. The monoisotopic (exact) mass is 212 g/mol. The summed E-state index contributed by atoms with van der Waals surface area (Å²) in [5, 5.41) is 9.96. The van der Waals surface area contributed by atoms with Crippen LogP contribution in [0.4, 0.5) is 0 Å². The Labute approximate surface area is 95.3 Å². The summed E-state index contributed by atoms with van der Waals surface area (Å²) in [5.74, 6) is 1.50. The molecule has 1 N–H and O–H groups in total. The molecule has 4 atom stereocenters. The van der Waals surface area contributed by atoms with Gasteiger partial charge >= 0.3 is 0 Å². The van der Waals surface area contributed by atoms with Gasteiger partial charge in [0.2, 0.25) is 0 Å². The topological polar surface area (TPSA) is 20.2 Å². The fraction of sp³-hybridized carbons (Fsp3) is 1.00. The molecular weight excluding hydrogens is 184 g/mol. The minimum atomic E-state index is 0.00954. The maximum atomic E-state index is 9.96. The lowest BCUT2D eigenvalue weighted by Gasteiger charge is -2.43. The molecule has 0 aromatic rings. The van der Waals surface area contributed by atoms with Gasteiger partial charge in [0, 0.05) is 0 Å². The van der Waals surface area contributed by atoms with Gasteiger partial charge in [-0.1, -0.05) is 40.5 Å². The van der Waals surface area contributed by atoms with E-state index in [2.05, 4.69) is 13.8 Å². The number of hydrogen-bond acceptors (Lipinski definition) is 1. The first-order valence-electron chi connectivity index (χ1n) is 6.86. The Morgan fingerprint density at radius 2 is 1.87 bits per heavy atom. The lowest BCUT2D eigenvalue weighted by atomic mass is 9.64. The zero-order chi connectivity index (χ0) is 11.5. The van der Waals surface area contributed by atoms with Gasteiger partial charge in [-0.3, -0.25) is 0 Å². The van der Waals surface area contributed by atoms with Gasteiger partial charge < -0.3 is 5.11 Å². The third kappa shape index (κ3) is 2.22. The van der Waals surface area contributed by atoms with Crippen molar-refractivity contribution < 1.29 is 5.11 Å². The number of hydrogen-bond donors (Lipinski definition) is 1. The number of rotatable bonds is 1. The van der Waals surface area contributed by atoms with Crippen molar-refractivity contribution in [2.45, 2.75) is 72.3 Å². The Kier molecular flexibility index (Phi) is 4.64. The smallest absolute Gasteiger partial charge is 0.0573 e. The van der Waals surface area contributed by atoms with E-state index >= 15 is 0 Å². The molecule has 0 amide bonds. The van der Waals surface area contributed by atoms with E-state index in [1.54, 1.807) is 0 Å². The van der Waals surface area contributed by atoms with E-state index in [4.69, 9.17) is 0 Å². The van der Waals surface area contributed by atoms with Crippen LogP contribution in [0.1, 0.15) is 66.2 Å². The van der Waals surface area contributed by atoms with E-state index in [0.717, 1.165) is 12.3 Å². The summed E-state index contributed by atoms with van der Waals surface area (Å²) < 4.78 is 0. The molecule has 0 radical (unpaired) electrons. The van der Waals surface area contributed by atoms with Gasteiger partial charge in [0.05, 0.1) is 6.10 Å². The minimum absolute atomic E-state index is 0.00954. The van der Waals surface area contributed by atoms with Gasteiger partial charge in [-0.25, -0.2) is 0 Å². The summed E-state index contributed by atoms with van der Waals surface area (Å²) in [5.41, 5.74) is 0.479. The number of fused-ring (bicyclic) bond motifs is 1. The third-order valence-electron chi connectivity index (χ3n) is 4.78. The summed E-state index contributed by atoms with van der Waals surface area (Å²) >= 11 is 0. The zero-order valence-corrected chi connectivity index (χ0v) is 10.9. The van der Waals surface area contributed by atoms with E-state index in [1.807, 2.05) is 13.8 Å². The Morgan fingerprint density at radius 3 is 2.47 bits per heavy atom. The molecule has 4 unspecified atom stereocenters. The predicted octanol–water partition coefficient (Wildman–Crippen LogP) is 4.00. The Balaban J connectivity index is 0.000000531. The average Bonchev–Trinajstić information content (AvgIpc) is 2.59. The molecule has 0 aromatic heterocycles. The van der Waals surface area contributed by atoms with Crippen LogP contribution in [0.2, 0.25) is 0 Å². The van der Waals surface area contributed by atoms with Crippen LogP contribution < -0.4 is 0 Å². The molecule has 2 aliphatic rings. The second-order valence-corrected chi connectivity index (χ2v) is 5.25. The molecule has 0 saturated heterocycles. The first kappa shape index (κ1) is 13.0. The second kappa shape index (κ2) is 5.34. The summed E-state index contributed by atoms with van der Waals surface area (Å²) in [4.78, 5) is 0. The van der Waals surface area contributed by atoms with Crippen molar-refractivity contribution in [2.24, 2.45) is 17.3 Å². The highest BCUT2D eigenvalue weighted by Gasteiger charge is 2.49. The Bertz CT molecular complexity index is 190. The van der Waals surface area contributed by atoms with Crippen LogP contribution >= 0.6 is 0 Å². The molecule has 90 valence electrons. The van der Waals surface area contributed by atoms with Crippen LogP contribution in [0.15, 0.2) is 0 Å². The van der Waals surface area contributed by atoms with Crippen LogP contribution in [-0.2, 0) is 0 Å². The molecule has 0 spiro atoms. The molecule has 2 saturated carbocycles. The molecule has 2 fully saturated rings. The van der Waals surface area contributed by atoms with Gasteiger partial charge in [0.1, 0.15) is 0 Å². The molecule has 0 aromatic carbocycles. The van der Waals surface area contributed by atoms with E-state index < -0.39 is 0 Å². The summed E-state index contributed by atoms with van der Waals surface area (Å²) in [6.45, 7) is 8.72. The molecule has 1 nitrogen and oxygen atoms in total. The van der Waals surface area contributed by atoms with Crippen molar-refractivity contribution in [3.63, 3.8) is 0 Å². The van der Waals surface area contributed by atoms with Gasteiger partial charge in [0.15, 0.2) is 0 Å². The van der Waals surface area contributed by atoms with Crippen molar-refractivity contribution >= 4 is 0 Å². The molecule has 0 bridgehead atoms. The van der Waals surface area contributed by atoms with Gasteiger partial charge in [-0.2, -0.15) is 0 Å². The highest BCUT2D eigenvalue weighted by molar-refractivity contribution is 4.99. The SMILES string of the molecule is CC.CCC1CCC2C(O)CCCC12C. The van der Waals surface area contributed by atoms with Crippen molar-refractivity contribution in [2.75, 3.05) is 0 Å². The van der Waals surface area contributed by atoms with E-state index in [-0.39, 0.29) is 6.10 Å². The summed E-state index contributed by atoms with van der Waals surface area (Å²) in [7, 11) is 0. The van der Waals surface area contributed by atoms with Crippen molar-refractivity contribution in [1.82, 2.24) is 0 Å². The largest absolute Gasteiger partial charge is 0.393 e. The standard InChI is InChI=1S/C12H22O.C2H6/c1-3-9-6-7-10-11(13)5-4-8-12(9,10)2;1-2/h9-11,13H,3-8H2,1-2H3;1-2H3. The lowest BCUT2D eigenvalue weighted by Crippen LogP contribution is -2.39. The molecule has 15 heavy (non-hydrogen) atoms. The first-order valence-corrected chi connectivity index (χ1v) is 6.86. The maximum absolute atomic E-state index is 9.96. The molecular formula is C14H28O. The quantitative estimate of drug-likeness (QED) is 0.696. The van der Waals surface area contributed by atoms with Crippen LogP contribution in [0.25, 0.3) is 0 Å². The van der Waals surface area contributed by atoms with Crippen LogP contribution in [-0.4, -0.2) is 11.2 Å². The highest BCUT2D eigenvalue weighted by atomic mass is 16.3. The maximum Gasteiger partial charge on any atom is 0.0573 e. The Hall–Kier alpha value is -0.0400. The van der Waals surface area contributed by atoms with E-state index in [9.17, 15) is 5.11 Å². The van der Waals surface area contributed by atoms with Crippen LogP contribution in [0, 0.1) is 17.3 Å². The Morgan fingerprint density at radius 1 is 1.20 bits per heavy atom. The highest BCUT2D eigenvalue weighted by Crippen LogP contribution is 2.56. The third-order valence-corrected chi connectivity index (χ3v) is 4.78. The van der Waals surface area contributed by atoms with Crippen molar-refractivity contribution in [3.8, 4) is 0 Å². The van der Waals surface area contributed by atoms with Gasteiger partial charge in [0.25, 0.3) is 0 Å². The van der Waals surface area contributed by atoms with Crippen molar-refractivity contribution in [1.29, 1.82) is 0 Å². The molecule has 2 rings (SSSR count). The normalized spacial score (nSPS) is 44.2. The van der Waals surface area contributed by atoms with Crippen LogP contribution in [0.3, 0.4) is 0 Å². The lowest BCUT2D eigenvalue weighted by molar-refractivity contribution is -0.0174. The predicted molar refractivity (Wildman–Crippen MR) is 65.8 cm³/mol. The summed E-state index contributed by atoms with van der Waals surface area (Å²) in [6.07, 6.45) is 7.59. The summed E-state index contributed by atoms with van der Waals surface area (Å²) in [6, 6.07) is 0. The van der Waals surface area contributed by atoms with Crippen molar-refractivity contribution in [3.05, 3.63) is 0 Å². The molecule has 0 heterocycles. The molecule has 0 aliphatic heterocycles. The fourth-order valence-corrected chi connectivity index (χ4v) is 3.93. The second-order valence-electron chi connectivity index (χ2n) is 5.25. The van der Waals surface area contributed by atoms with E-state index in [0.29, 0.717) is 11.3 Å². The van der Waals surface area contributed by atoms with E-state index in [1.165, 1.54) is 32.1 Å². The first-order chi connectivity index (χ1) is 7.18. The number of aliphatic hydroxyl groups excluding tert-OH is 1. The van der Waals surface area contributed by atoms with Gasteiger partial charge in [-0.05, 0) is 42.9 Å². The average molecular weight is 212 g/mol. The fourth-order valence-electron chi connectivity index (χ4n) is 3.93. The van der Waals surface area contributed by atoms with Gasteiger partial charge in [-0.15, -0.1) is 0 Å². The minimum Gasteiger partial charge on any atom is -0.393 e. The zero-order valence-electron chi connectivity index (χ0n) is 10.9.